The number of halogens is 3. The van der Waals surface area contributed by atoms with Crippen LogP contribution in [0, 0.1) is 11.6 Å². The molecule has 1 aliphatic heterocycles. The summed E-state index contributed by atoms with van der Waals surface area (Å²) in [4.78, 5) is 0. The molecule has 11 nitrogen and oxygen atoms in total. The van der Waals surface area contributed by atoms with Gasteiger partial charge in [0.25, 0.3) is 0 Å². The van der Waals surface area contributed by atoms with Gasteiger partial charge < -0.3 is 24.8 Å². The molecule has 2 aliphatic rings. The molecule has 0 amide bonds. The predicted octanol–water partition coefficient (Wildman–Crippen LogP) is 0.869. The van der Waals surface area contributed by atoms with Gasteiger partial charge in [0, 0.05) is 24.3 Å². The average molecular weight is 527 g/mol. The molecule has 1 aliphatic carbocycles. The predicted molar refractivity (Wildman–Crippen MR) is 120 cm³/mol. The molecular weight excluding hydrogens is 502 g/mol. The molecule has 1 saturated heterocycles. The van der Waals surface area contributed by atoms with E-state index in [9.17, 15) is 24.1 Å². The van der Waals surface area contributed by atoms with Crippen LogP contribution in [0.2, 0.25) is 5.02 Å². The molecule has 2 aromatic heterocycles. The number of hydrogen-bond acceptors (Lipinski definition) is 9. The summed E-state index contributed by atoms with van der Waals surface area (Å²) in [6.45, 7) is -0.329. The van der Waals surface area contributed by atoms with Crippen molar-refractivity contribution in [3.63, 3.8) is 0 Å². The molecule has 2 fully saturated rings. The summed E-state index contributed by atoms with van der Waals surface area (Å²) in [5.41, 5.74) is 0.199. The number of hydrogen-bond donors (Lipinski definition) is 3. The lowest BCUT2D eigenvalue weighted by Gasteiger charge is -2.43. The maximum atomic E-state index is 14.5. The Kier molecular flexibility index (Phi) is 6.78. The molecule has 0 spiro atoms. The van der Waals surface area contributed by atoms with E-state index in [2.05, 4.69) is 20.6 Å². The van der Waals surface area contributed by atoms with Crippen molar-refractivity contribution in [1.82, 2.24) is 30.0 Å². The summed E-state index contributed by atoms with van der Waals surface area (Å²) in [5.74, 6) is -2.37. The number of nitrogens with zero attached hydrogens (tertiary/aromatic N) is 6. The lowest BCUT2D eigenvalue weighted by atomic mass is 9.92. The normalized spacial score (nSPS) is 27.4. The summed E-state index contributed by atoms with van der Waals surface area (Å²) in [6.07, 6.45) is 1.02. The van der Waals surface area contributed by atoms with Crippen LogP contribution < -0.4 is 0 Å². The topological polar surface area (TPSA) is 141 Å². The first-order valence-electron chi connectivity index (χ1n) is 11.4. The number of aliphatic hydroxyl groups excluding tert-OH is 3. The Labute approximate surface area is 209 Å². The van der Waals surface area contributed by atoms with Gasteiger partial charge >= 0.3 is 0 Å². The van der Waals surface area contributed by atoms with Crippen LogP contribution in [0.5, 0.6) is 0 Å². The monoisotopic (exact) mass is 526 g/mol. The van der Waals surface area contributed by atoms with Crippen molar-refractivity contribution in [2.75, 3.05) is 20.3 Å². The molecule has 3 aromatic rings. The second kappa shape index (κ2) is 9.72. The number of ether oxygens (including phenoxy) is 2. The quantitative estimate of drug-likeness (QED) is 0.365. The Hall–Kier alpha value is -2.55. The molecular formula is C22H25ClF2N6O5. The van der Waals surface area contributed by atoms with Crippen LogP contribution in [0.3, 0.4) is 0 Å². The van der Waals surface area contributed by atoms with Crippen molar-refractivity contribution in [2.45, 2.75) is 55.3 Å². The van der Waals surface area contributed by atoms with Crippen LogP contribution in [0.4, 0.5) is 8.78 Å². The van der Waals surface area contributed by atoms with Crippen molar-refractivity contribution in [2.24, 2.45) is 0 Å². The van der Waals surface area contributed by atoms with E-state index < -0.39 is 48.7 Å². The van der Waals surface area contributed by atoms with Crippen LogP contribution in [0.1, 0.15) is 24.6 Å². The Bertz CT molecular complexity index is 1240. The van der Waals surface area contributed by atoms with E-state index in [4.69, 9.17) is 21.1 Å². The number of aromatic nitrogens is 6. The molecule has 1 saturated carbocycles. The molecule has 3 heterocycles. The van der Waals surface area contributed by atoms with Gasteiger partial charge in [-0.25, -0.2) is 18.1 Å². The van der Waals surface area contributed by atoms with E-state index >= 15 is 0 Å². The Morgan fingerprint density at radius 3 is 2.58 bits per heavy atom. The minimum absolute atomic E-state index is 0.0140. The molecule has 5 rings (SSSR count). The highest BCUT2D eigenvalue weighted by Gasteiger charge is 2.48. The standard InChI is InChI=1S/C22H25ClF2N6O5/c1-35-21-14(7-30-8-16(27-28-30)22(10-33)4-5-22)36-15(9-32)20(34)19(21)31-6-13(26-29-31)11-2-3-12(23)18(25)17(11)24/h2-3,6,8,14-15,19-21,32-34H,4-5,7,9-10H2,1H3/t14-,15-,19+,20+,21+/m1/s1. The zero-order chi connectivity index (χ0) is 25.6. The maximum absolute atomic E-state index is 14.5. The van der Waals surface area contributed by atoms with E-state index in [1.165, 1.54) is 30.1 Å². The van der Waals surface area contributed by atoms with Gasteiger partial charge in [0.2, 0.25) is 0 Å². The van der Waals surface area contributed by atoms with Crippen LogP contribution in [-0.4, -0.2) is 90.0 Å². The van der Waals surface area contributed by atoms with Gasteiger partial charge in [-0.1, -0.05) is 22.0 Å². The van der Waals surface area contributed by atoms with Crippen LogP contribution >= 0.6 is 11.6 Å². The van der Waals surface area contributed by atoms with Crippen LogP contribution in [0.25, 0.3) is 11.3 Å². The first-order chi connectivity index (χ1) is 17.3. The molecule has 36 heavy (non-hydrogen) atoms. The van der Waals surface area contributed by atoms with E-state index in [1.54, 1.807) is 10.9 Å². The summed E-state index contributed by atoms with van der Waals surface area (Å²) in [6, 6.07) is 1.61. The Balaban J connectivity index is 1.43. The molecule has 194 valence electrons. The van der Waals surface area contributed by atoms with Crippen molar-refractivity contribution < 1.29 is 33.6 Å². The van der Waals surface area contributed by atoms with Gasteiger partial charge in [-0.3, -0.25) is 0 Å². The highest BCUT2D eigenvalue weighted by Crippen LogP contribution is 2.46. The molecule has 14 heteroatoms. The van der Waals surface area contributed by atoms with Gasteiger partial charge in [-0.15, -0.1) is 10.2 Å². The van der Waals surface area contributed by atoms with E-state index in [0.717, 1.165) is 12.8 Å². The molecule has 0 bridgehead atoms. The first kappa shape index (κ1) is 25.1. The summed E-state index contributed by atoms with van der Waals surface area (Å²) in [7, 11) is 1.43. The first-order valence-corrected chi connectivity index (χ1v) is 11.7. The van der Waals surface area contributed by atoms with Crippen molar-refractivity contribution in [3.8, 4) is 11.3 Å². The number of aliphatic hydroxyl groups is 3. The third-order valence-corrected chi connectivity index (χ3v) is 7.26. The summed E-state index contributed by atoms with van der Waals surface area (Å²) in [5, 5.41) is 46.4. The number of rotatable bonds is 8. The fourth-order valence-electron chi connectivity index (χ4n) is 4.64. The van der Waals surface area contributed by atoms with E-state index in [-0.39, 0.29) is 34.8 Å². The second-order valence-electron chi connectivity index (χ2n) is 9.15. The second-order valence-corrected chi connectivity index (χ2v) is 9.56. The number of methoxy groups -OCH3 is 1. The van der Waals surface area contributed by atoms with Gasteiger partial charge in [0.05, 0.1) is 36.7 Å². The Morgan fingerprint density at radius 2 is 1.92 bits per heavy atom. The summed E-state index contributed by atoms with van der Waals surface area (Å²) >= 11 is 5.64. The fraction of sp³-hybridized carbons (Fsp3) is 0.545. The van der Waals surface area contributed by atoms with Gasteiger partial charge in [0.1, 0.15) is 36.2 Å². The molecule has 5 atom stereocenters. The molecule has 1 aromatic carbocycles. The fourth-order valence-corrected chi connectivity index (χ4v) is 4.79. The minimum atomic E-state index is -1.26. The lowest BCUT2D eigenvalue weighted by Crippen LogP contribution is -2.57. The van der Waals surface area contributed by atoms with Crippen molar-refractivity contribution in [3.05, 3.63) is 46.9 Å². The van der Waals surface area contributed by atoms with Crippen LogP contribution in [0.15, 0.2) is 24.5 Å². The molecule has 3 N–H and O–H groups in total. The average Bonchev–Trinajstić information content (AvgIpc) is 3.28. The smallest absolute Gasteiger partial charge is 0.178 e. The highest BCUT2D eigenvalue weighted by atomic mass is 35.5. The van der Waals surface area contributed by atoms with Crippen molar-refractivity contribution >= 4 is 11.6 Å². The van der Waals surface area contributed by atoms with Gasteiger partial charge in [0.15, 0.2) is 11.6 Å². The SMILES string of the molecule is CO[C@@H]1[C@@H](n2cc(-c3ccc(Cl)c(F)c3F)nn2)[C@@H](O)[C@@H](CO)O[C@@H]1Cn1cc(C2(CO)CC2)nn1. The van der Waals surface area contributed by atoms with Crippen molar-refractivity contribution in [1.29, 1.82) is 0 Å². The third-order valence-electron chi connectivity index (χ3n) is 6.97. The maximum Gasteiger partial charge on any atom is 0.178 e. The lowest BCUT2D eigenvalue weighted by molar-refractivity contribution is -0.216. The van der Waals surface area contributed by atoms with Gasteiger partial charge in [-0.2, -0.15) is 0 Å². The largest absolute Gasteiger partial charge is 0.395 e. The number of benzene rings is 1. The summed E-state index contributed by atoms with van der Waals surface area (Å²) < 4.78 is 42.9. The highest BCUT2D eigenvalue weighted by molar-refractivity contribution is 6.30. The minimum Gasteiger partial charge on any atom is -0.395 e. The van der Waals surface area contributed by atoms with E-state index in [0.29, 0.717) is 5.69 Å². The molecule has 0 unspecified atom stereocenters. The zero-order valence-electron chi connectivity index (χ0n) is 19.2. The van der Waals surface area contributed by atoms with Crippen LogP contribution in [-0.2, 0) is 21.4 Å². The van der Waals surface area contributed by atoms with E-state index in [1.807, 2.05) is 0 Å². The zero-order valence-corrected chi connectivity index (χ0v) is 20.0. The Morgan fingerprint density at radius 1 is 1.14 bits per heavy atom. The van der Waals surface area contributed by atoms with Gasteiger partial charge in [-0.05, 0) is 25.0 Å². The third kappa shape index (κ3) is 4.29. The molecule has 0 radical (unpaired) electrons.